The third kappa shape index (κ3) is 3.16. The van der Waals surface area contributed by atoms with Gasteiger partial charge in [-0.3, -0.25) is 4.79 Å². The first kappa shape index (κ1) is 16.5. The summed E-state index contributed by atoms with van der Waals surface area (Å²) in [6.07, 6.45) is 1.60. The SMILES string of the molecule is CC(C)(C)CC1(C(=O)Oc2ccc(C(=O)O)cc2)CC1(C)C. The summed E-state index contributed by atoms with van der Waals surface area (Å²) in [5.74, 6) is -0.813. The van der Waals surface area contributed by atoms with Gasteiger partial charge in [-0.15, -0.1) is 0 Å². The Hall–Kier alpha value is -1.84. The van der Waals surface area contributed by atoms with Crippen molar-refractivity contribution in [3.05, 3.63) is 29.8 Å². The molecule has 1 aliphatic rings. The molecule has 1 aliphatic carbocycles. The average molecular weight is 304 g/mol. The highest BCUT2D eigenvalue weighted by Crippen LogP contribution is 2.68. The van der Waals surface area contributed by atoms with Gasteiger partial charge in [0.1, 0.15) is 5.75 Å². The summed E-state index contributed by atoms with van der Waals surface area (Å²) < 4.78 is 5.53. The van der Waals surface area contributed by atoms with Gasteiger partial charge in [-0.2, -0.15) is 0 Å². The van der Waals surface area contributed by atoms with Crippen molar-refractivity contribution in [3.63, 3.8) is 0 Å². The molecule has 4 heteroatoms. The number of carbonyl (C=O) groups excluding carboxylic acids is 1. The number of benzene rings is 1. The van der Waals surface area contributed by atoms with Crippen LogP contribution in [0.2, 0.25) is 0 Å². The van der Waals surface area contributed by atoms with Crippen molar-refractivity contribution < 1.29 is 19.4 Å². The van der Waals surface area contributed by atoms with E-state index in [0.29, 0.717) is 5.75 Å². The van der Waals surface area contributed by atoms with Gasteiger partial charge in [0.25, 0.3) is 0 Å². The first-order valence-electron chi connectivity index (χ1n) is 7.53. The normalized spacial score (nSPS) is 23.0. The average Bonchev–Trinajstić information content (AvgIpc) is 2.90. The van der Waals surface area contributed by atoms with Gasteiger partial charge in [0.15, 0.2) is 0 Å². The van der Waals surface area contributed by atoms with E-state index in [1.165, 1.54) is 24.3 Å². The lowest BCUT2D eigenvalue weighted by atomic mass is 9.79. The van der Waals surface area contributed by atoms with E-state index in [1.54, 1.807) is 0 Å². The molecule has 1 aromatic rings. The summed E-state index contributed by atoms with van der Waals surface area (Å²) in [7, 11) is 0. The maximum atomic E-state index is 12.7. The first-order chi connectivity index (χ1) is 9.97. The molecule has 120 valence electrons. The molecule has 4 nitrogen and oxygen atoms in total. The molecule has 2 rings (SSSR count). The third-order valence-electron chi connectivity index (χ3n) is 4.45. The zero-order valence-corrected chi connectivity index (χ0v) is 13.9. The van der Waals surface area contributed by atoms with Crippen molar-refractivity contribution in [2.75, 3.05) is 0 Å². The number of hydrogen-bond acceptors (Lipinski definition) is 3. The van der Waals surface area contributed by atoms with Crippen molar-refractivity contribution in [1.82, 2.24) is 0 Å². The van der Waals surface area contributed by atoms with Crippen molar-refractivity contribution in [3.8, 4) is 5.75 Å². The summed E-state index contributed by atoms with van der Waals surface area (Å²) in [5.41, 5.74) is -0.286. The van der Waals surface area contributed by atoms with E-state index in [0.717, 1.165) is 12.8 Å². The number of aromatic carboxylic acids is 1. The van der Waals surface area contributed by atoms with Crippen LogP contribution in [0.4, 0.5) is 0 Å². The van der Waals surface area contributed by atoms with Gasteiger partial charge in [0.2, 0.25) is 0 Å². The molecule has 1 N–H and O–H groups in total. The molecule has 0 aliphatic heterocycles. The van der Waals surface area contributed by atoms with Gasteiger partial charge in [-0.25, -0.2) is 4.79 Å². The Morgan fingerprint density at radius 2 is 1.68 bits per heavy atom. The molecular formula is C18H24O4. The third-order valence-corrected chi connectivity index (χ3v) is 4.45. The van der Waals surface area contributed by atoms with Gasteiger partial charge in [0, 0.05) is 0 Å². The van der Waals surface area contributed by atoms with Gasteiger partial charge >= 0.3 is 11.9 Å². The quantitative estimate of drug-likeness (QED) is 0.670. The van der Waals surface area contributed by atoms with E-state index in [4.69, 9.17) is 9.84 Å². The fraction of sp³-hybridized carbons (Fsp3) is 0.556. The van der Waals surface area contributed by atoms with Crippen LogP contribution < -0.4 is 4.74 Å². The molecule has 0 amide bonds. The molecule has 1 aromatic carbocycles. The van der Waals surface area contributed by atoms with E-state index in [9.17, 15) is 9.59 Å². The van der Waals surface area contributed by atoms with Gasteiger partial charge in [-0.1, -0.05) is 34.6 Å². The van der Waals surface area contributed by atoms with Crippen LogP contribution in [0.15, 0.2) is 24.3 Å². The predicted octanol–water partition coefficient (Wildman–Crippen LogP) is 4.14. The van der Waals surface area contributed by atoms with Crippen molar-refractivity contribution in [2.45, 2.75) is 47.5 Å². The largest absolute Gasteiger partial charge is 0.478 e. The molecule has 0 saturated heterocycles. The van der Waals surface area contributed by atoms with Crippen molar-refractivity contribution >= 4 is 11.9 Å². The van der Waals surface area contributed by atoms with Crippen LogP contribution in [-0.2, 0) is 4.79 Å². The zero-order valence-electron chi connectivity index (χ0n) is 13.9. The van der Waals surface area contributed by atoms with E-state index < -0.39 is 11.4 Å². The van der Waals surface area contributed by atoms with Crippen LogP contribution in [0, 0.1) is 16.2 Å². The number of carboxylic acids is 1. The Morgan fingerprint density at radius 1 is 1.18 bits per heavy atom. The summed E-state index contributed by atoms with van der Waals surface area (Å²) in [6, 6.07) is 5.95. The van der Waals surface area contributed by atoms with Crippen LogP contribution in [0.1, 0.15) is 57.8 Å². The Morgan fingerprint density at radius 3 is 2.05 bits per heavy atom. The second-order valence-electron chi connectivity index (χ2n) is 8.10. The molecule has 0 heterocycles. The summed E-state index contributed by atoms with van der Waals surface area (Å²) in [5, 5.41) is 8.89. The fourth-order valence-corrected chi connectivity index (χ4v) is 3.21. The Bertz CT molecular complexity index is 593. The number of carboxylic acid groups (broad SMARTS) is 1. The Kier molecular flexibility index (Phi) is 3.84. The Labute approximate surface area is 131 Å². The second-order valence-corrected chi connectivity index (χ2v) is 8.10. The lowest BCUT2D eigenvalue weighted by Crippen LogP contribution is -2.30. The minimum Gasteiger partial charge on any atom is -0.478 e. The minimum atomic E-state index is -0.995. The fourth-order valence-electron chi connectivity index (χ4n) is 3.21. The molecule has 0 spiro atoms. The zero-order chi connectivity index (χ0) is 16.8. The van der Waals surface area contributed by atoms with Crippen molar-refractivity contribution in [2.24, 2.45) is 16.2 Å². The smallest absolute Gasteiger partial charge is 0.335 e. The number of hydrogen-bond donors (Lipinski definition) is 1. The number of rotatable bonds is 4. The number of esters is 1. The topological polar surface area (TPSA) is 63.6 Å². The molecule has 0 radical (unpaired) electrons. The highest BCUT2D eigenvalue weighted by molar-refractivity contribution is 5.88. The highest BCUT2D eigenvalue weighted by atomic mass is 16.5. The van der Waals surface area contributed by atoms with Gasteiger partial charge < -0.3 is 9.84 Å². The molecule has 22 heavy (non-hydrogen) atoms. The van der Waals surface area contributed by atoms with Crippen LogP contribution in [0.25, 0.3) is 0 Å². The maximum Gasteiger partial charge on any atom is 0.335 e. The van der Waals surface area contributed by atoms with E-state index in [-0.39, 0.29) is 22.4 Å². The lowest BCUT2D eigenvalue weighted by Gasteiger charge is -2.27. The van der Waals surface area contributed by atoms with E-state index >= 15 is 0 Å². The first-order valence-corrected chi connectivity index (χ1v) is 7.53. The number of ether oxygens (including phenoxy) is 1. The van der Waals surface area contributed by atoms with Crippen LogP contribution >= 0.6 is 0 Å². The molecule has 1 saturated carbocycles. The monoisotopic (exact) mass is 304 g/mol. The molecule has 0 bridgehead atoms. The summed E-state index contributed by atoms with van der Waals surface area (Å²) >= 11 is 0. The maximum absolute atomic E-state index is 12.7. The highest BCUT2D eigenvalue weighted by Gasteiger charge is 2.68. The van der Waals surface area contributed by atoms with E-state index in [2.05, 4.69) is 34.6 Å². The van der Waals surface area contributed by atoms with Gasteiger partial charge in [-0.05, 0) is 47.9 Å². The molecule has 1 fully saturated rings. The van der Waals surface area contributed by atoms with Crippen LogP contribution in [0.5, 0.6) is 5.75 Å². The van der Waals surface area contributed by atoms with Crippen LogP contribution in [0.3, 0.4) is 0 Å². The summed E-state index contributed by atoms with van der Waals surface area (Å²) in [6.45, 7) is 10.6. The van der Waals surface area contributed by atoms with Gasteiger partial charge in [0.05, 0.1) is 11.0 Å². The second kappa shape index (κ2) is 5.11. The number of carbonyl (C=O) groups is 2. The molecular weight excluding hydrogens is 280 g/mol. The minimum absolute atomic E-state index is 0.0416. The van der Waals surface area contributed by atoms with E-state index in [1.807, 2.05) is 0 Å². The molecule has 1 atom stereocenters. The summed E-state index contributed by atoms with van der Waals surface area (Å²) in [4.78, 5) is 23.5. The van der Waals surface area contributed by atoms with Crippen LogP contribution in [-0.4, -0.2) is 17.0 Å². The molecule has 0 aromatic heterocycles. The lowest BCUT2D eigenvalue weighted by molar-refractivity contribution is -0.143. The standard InChI is InChI=1S/C18H24O4/c1-16(2,3)10-18(11-17(18,4)5)15(21)22-13-8-6-12(7-9-13)14(19)20/h6-9H,10-11H2,1-5H3,(H,19,20). The Balaban J connectivity index is 2.15. The molecule has 1 unspecified atom stereocenters. The van der Waals surface area contributed by atoms with Crippen molar-refractivity contribution in [1.29, 1.82) is 0 Å². The predicted molar refractivity (Wildman–Crippen MR) is 83.9 cm³/mol.